The van der Waals surface area contributed by atoms with Crippen LogP contribution >= 0.6 is 22.9 Å². The molecule has 1 amide bonds. The zero-order chi connectivity index (χ0) is 30.1. The molecule has 0 aliphatic rings. The summed E-state index contributed by atoms with van der Waals surface area (Å²) in [6, 6.07) is 10.0. The van der Waals surface area contributed by atoms with Gasteiger partial charge in [-0.3, -0.25) is 14.5 Å². The van der Waals surface area contributed by atoms with Crippen LogP contribution in [0, 0.1) is 18.6 Å². The van der Waals surface area contributed by atoms with Crippen molar-refractivity contribution in [2.45, 2.75) is 18.4 Å². The van der Waals surface area contributed by atoms with Crippen LogP contribution in [-0.2, 0) is 26.5 Å². The molecule has 41 heavy (non-hydrogen) atoms. The molecule has 2 N–H and O–H groups in total. The van der Waals surface area contributed by atoms with E-state index in [2.05, 4.69) is 15.0 Å². The molecule has 0 atom stereocenters. The van der Waals surface area contributed by atoms with Gasteiger partial charge in [0.05, 0.1) is 33.6 Å². The van der Waals surface area contributed by atoms with E-state index in [-0.39, 0.29) is 44.1 Å². The van der Waals surface area contributed by atoms with Crippen molar-refractivity contribution in [1.29, 1.82) is 0 Å². The fourth-order valence-electron chi connectivity index (χ4n) is 3.79. The summed E-state index contributed by atoms with van der Waals surface area (Å²) in [6.45, 7) is 1.47. The number of nitrogens with one attached hydrogen (secondary N) is 2. The SMILES string of the molecule is Cc1sc(C(=O)Nc2cc(Cl)cc(NS(C)(=O)=O)c2)cc1-c1ncc(F)cc1COc1cc(F)cc(S(C)(=O)=O)c1. The van der Waals surface area contributed by atoms with Crippen molar-refractivity contribution in [3.8, 4) is 17.0 Å². The number of sulfonamides is 1. The Morgan fingerprint density at radius 2 is 1.68 bits per heavy atom. The molecule has 0 aliphatic heterocycles. The van der Waals surface area contributed by atoms with Crippen LogP contribution in [0.1, 0.15) is 20.1 Å². The number of halogens is 3. The zero-order valence-electron chi connectivity index (χ0n) is 21.7. The fourth-order valence-corrected chi connectivity index (χ4v) is 6.14. The lowest BCUT2D eigenvalue weighted by atomic mass is 10.1. The van der Waals surface area contributed by atoms with Gasteiger partial charge in [-0.2, -0.15) is 0 Å². The van der Waals surface area contributed by atoms with Gasteiger partial charge in [0.15, 0.2) is 9.84 Å². The quantitative estimate of drug-likeness (QED) is 0.241. The Kier molecular flexibility index (Phi) is 8.68. The number of carbonyl (C=O) groups excluding carboxylic acids is 1. The van der Waals surface area contributed by atoms with E-state index in [0.717, 1.165) is 48.2 Å². The van der Waals surface area contributed by atoms with Crippen molar-refractivity contribution in [2.24, 2.45) is 0 Å². The van der Waals surface area contributed by atoms with E-state index in [1.54, 1.807) is 13.0 Å². The summed E-state index contributed by atoms with van der Waals surface area (Å²) < 4.78 is 82.9. The van der Waals surface area contributed by atoms with Crippen molar-refractivity contribution >= 4 is 60.1 Å². The Bertz CT molecular complexity index is 1880. The summed E-state index contributed by atoms with van der Waals surface area (Å²) >= 11 is 7.22. The van der Waals surface area contributed by atoms with Gasteiger partial charge in [-0.15, -0.1) is 11.3 Å². The number of benzene rings is 2. The van der Waals surface area contributed by atoms with E-state index in [1.165, 1.54) is 24.3 Å². The van der Waals surface area contributed by atoms with Crippen LogP contribution in [-0.4, -0.2) is 40.2 Å². The molecule has 4 rings (SSSR count). The number of hydrogen-bond donors (Lipinski definition) is 2. The smallest absolute Gasteiger partial charge is 0.265 e. The van der Waals surface area contributed by atoms with E-state index in [9.17, 15) is 30.4 Å². The highest BCUT2D eigenvalue weighted by Crippen LogP contribution is 2.34. The summed E-state index contributed by atoms with van der Waals surface area (Å²) in [6.07, 6.45) is 2.92. The van der Waals surface area contributed by atoms with Gasteiger partial charge in [0.25, 0.3) is 5.91 Å². The first-order valence-corrected chi connectivity index (χ1v) is 16.5. The highest BCUT2D eigenvalue weighted by atomic mass is 35.5. The number of carbonyl (C=O) groups is 1. The molecule has 0 saturated heterocycles. The highest BCUT2D eigenvalue weighted by molar-refractivity contribution is 7.92. The van der Waals surface area contributed by atoms with Crippen molar-refractivity contribution in [1.82, 2.24) is 4.98 Å². The molecule has 2 heterocycles. The summed E-state index contributed by atoms with van der Waals surface area (Å²) in [4.78, 5) is 17.9. The lowest BCUT2D eigenvalue weighted by Gasteiger charge is -2.12. The van der Waals surface area contributed by atoms with E-state index in [4.69, 9.17) is 16.3 Å². The molecule has 15 heteroatoms. The Morgan fingerprint density at radius 1 is 0.976 bits per heavy atom. The topological polar surface area (TPSA) is 132 Å². The number of ether oxygens (including phenoxy) is 1. The van der Waals surface area contributed by atoms with E-state index >= 15 is 0 Å². The molecule has 4 aromatic rings. The first-order valence-electron chi connectivity index (χ1n) is 11.6. The number of hydrogen-bond acceptors (Lipinski definition) is 8. The normalized spacial score (nSPS) is 11.8. The van der Waals surface area contributed by atoms with Crippen LogP contribution in [0.4, 0.5) is 20.2 Å². The molecular formula is C26H22ClF2N3O6S3. The number of amides is 1. The zero-order valence-corrected chi connectivity index (χ0v) is 24.9. The minimum absolute atomic E-state index is 0.0750. The van der Waals surface area contributed by atoms with Gasteiger partial charge in [0.2, 0.25) is 10.0 Å². The first kappa shape index (κ1) is 30.4. The number of nitrogens with zero attached hydrogens (tertiary/aromatic N) is 1. The van der Waals surface area contributed by atoms with Gasteiger partial charge in [0.1, 0.15) is 24.0 Å². The molecule has 0 unspecified atom stereocenters. The Hall–Kier alpha value is -3.59. The van der Waals surface area contributed by atoms with Gasteiger partial charge >= 0.3 is 0 Å². The molecule has 0 radical (unpaired) electrons. The molecule has 2 aromatic heterocycles. The molecule has 2 aromatic carbocycles. The summed E-state index contributed by atoms with van der Waals surface area (Å²) in [5, 5.41) is 2.87. The molecule has 0 spiro atoms. The van der Waals surface area contributed by atoms with Crippen LogP contribution in [0.2, 0.25) is 5.02 Å². The van der Waals surface area contributed by atoms with Gasteiger partial charge in [0, 0.05) is 39.0 Å². The number of aryl methyl sites for hydroxylation is 1. The van der Waals surface area contributed by atoms with Crippen LogP contribution in [0.15, 0.2) is 59.6 Å². The number of rotatable bonds is 9. The van der Waals surface area contributed by atoms with Crippen molar-refractivity contribution < 1.29 is 35.1 Å². The molecule has 216 valence electrons. The highest BCUT2D eigenvalue weighted by Gasteiger charge is 2.19. The average molecular weight is 642 g/mol. The Labute approximate surface area is 244 Å². The van der Waals surface area contributed by atoms with Crippen LogP contribution in [0.3, 0.4) is 0 Å². The maximum atomic E-state index is 14.1. The minimum atomic E-state index is -3.70. The van der Waals surface area contributed by atoms with Crippen LogP contribution in [0.25, 0.3) is 11.3 Å². The van der Waals surface area contributed by atoms with Crippen molar-refractivity contribution in [3.63, 3.8) is 0 Å². The lowest BCUT2D eigenvalue weighted by molar-refractivity contribution is 0.103. The predicted molar refractivity (Wildman–Crippen MR) is 154 cm³/mol. The van der Waals surface area contributed by atoms with Crippen molar-refractivity contribution in [3.05, 3.63) is 86.7 Å². The molecular weight excluding hydrogens is 620 g/mol. The van der Waals surface area contributed by atoms with E-state index in [0.29, 0.717) is 16.1 Å². The van der Waals surface area contributed by atoms with Gasteiger partial charge in [-0.1, -0.05) is 11.6 Å². The molecule has 0 aliphatic carbocycles. The molecule has 0 bridgehead atoms. The number of pyridine rings is 1. The first-order chi connectivity index (χ1) is 19.1. The molecule has 9 nitrogen and oxygen atoms in total. The lowest BCUT2D eigenvalue weighted by Crippen LogP contribution is -2.12. The van der Waals surface area contributed by atoms with Crippen LogP contribution in [0.5, 0.6) is 5.75 Å². The molecule has 0 fully saturated rings. The van der Waals surface area contributed by atoms with E-state index in [1.807, 2.05) is 0 Å². The third-order valence-electron chi connectivity index (χ3n) is 5.46. The Balaban J connectivity index is 1.60. The van der Waals surface area contributed by atoms with Gasteiger partial charge < -0.3 is 10.1 Å². The summed E-state index contributed by atoms with van der Waals surface area (Å²) in [5.41, 5.74) is 1.51. The summed E-state index contributed by atoms with van der Waals surface area (Å²) in [5.74, 6) is -2.06. The Morgan fingerprint density at radius 3 is 2.37 bits per heavy atom. The third-order valence-corrected chi connectivity index (χ3v) is 8.42. The second-order valence-electron chi connectivity index (χ2n) is 8.98. The monoisotopic (exact) mass is 641 g/mol. The number of anilines is 2. The molecule has 0 saturated carbocycles. The maximum Gasteiger partial charge on any atom is 0.265 e. The van der Waals surface area contributed by atoms with Gasteiger partial charge in [-0.25, -0.2) is 25.6 Å². The number of sulfone groups is 1. The average Bonchev–Trinajstić information content (AvgIpc) is 3.22. The number of aromatic nitrogens is 1. The summed E-state index contributed by atoms with van der Waals surface area (Å²) in [7, 11) is -7.28. The number of thiophene rings is 1. The second kappa shape index (κ2) is 11.7. The largest absolute Gasteiger partial charge is 0.489 e. The van der Waals surface area contributed by atoms with Crippen LogP contribution < -0.4 is 14.8 Å². The van der Waals surface area contributed by atoms with Gasteiger partial charge in [-0.05, 0) is 49.4 Å². The minimum Gasteiger partial charge on any atom is -0.489 e. The second-order valence-corrected chi connectivity index (χ2v) is 14.4. The van der Waals surface area contributed by atoms with E-state index < -0.39 is 37.4 Å². The maximum absolute atomic E-state index is 14.1. The predicted octanol–water partition coefficient (Wildman–Crippen LogP) is 5.66. The third kappa shape index (κ3) is 8.00. The fraction of sp³-hybridized carbons (Fsp3) is 0.154. The standard InChI is InChI=1S/C26H22ClF2N3O6S3/c1-14-23(11-24(39-14)26(33)31-19-5-16(27)6-20(9-19)32-41(3,36)37)25-15(4-18(29)12-30-25)13-38-21-7-17(28)8-22(10-21)40(2,34)35/h4-12,32H,13H2,1-3H3,(H,31,33). The van der Waals surface area contributed by atoms with Crippen molar-refractivity contribution in [2.75, 3.05) is 22.6 Å².